The van der Waals surface area contributed by atoms with Crippen LogP contribution in [0.5, 0.6) is 0 Å². The molecule has 2 aromatic carbocycles. The monoisotopic (exact) mass is 283 g/mol. The summed E-state index contributed by atoms with van der Waals surface area (Å²) in [5.74, 6) is 0. The van der Waals surface area contributed by atoms with E-state index < -0.39 is 0 Å². The lowest BCUT2D eigenvalue weighted by molar-refractivity contribution is 1.30. The van der Waals surface area contributed by atoms with E-state index in [9.17, 15) is 0 Å². The molecule has 0 amide bonds. The van der Waals surface area contributed by atoms with Gasteiger partial charge in [0.2, 0.25) is 0 Å². The predicted molar refractivity (Wildman–Crippen MR) is 93.6 cm³/mol. The molecule has 0 radical (unpaired) electrons. The summed E-state index contributed by atoms with van der Waals surface area (Å²) in [5, 5.41) is 2.21. The lowest BCUT2D eigenvalue weighted by Crippen LogP contribution is -2.23. The lowest BCUT2D eigenvalue weighted by atomic mass is 10.0. The number of hydrogen-bond acceptors (Lipinski definition) is 0. The van der Waals surface area contributed by atoms with Crippen molar-refractivity contribution < 1.29 is 0 Å². The van der Waals surface area contributed by atoms with Gasteiger partial charge in [0, 0.05) is 16.1 Å². The topological polar surface area (TPSA) is 15.8 Å². The molecule has 0 bridgehead atoms. The maximum Gasteiger partial charge on any atom is 0.0541 e. The van der Waals surface area contributed by atoms with Crippen LogP contribution < -0.4 is 10.6 Å². The van der Waals surface area contributed by atoms with E-state index in [4.69, 9.17) is 0 Å². The third kappa shape index (κ3) is 1.86. The number of rotatable bonds is 2. The van der Waals surface area contributed by atoms with E-state index in [2.05, 4.69) is 66.7 Å². The highest BCUT2D eigenvalue weighted by Gasteiger charge is 2.23. The minimum atomic E-state index is 0.895. The second-order valence-corrected chi connectivity index (χ2v) is 5.72. The molecular weight excluding hydrogens is 266 g/mol. The van der Waals surface area contributed by atoms with Crippen LogP contribution in [0.3, 0.4) is 0 Å². The van der Waals surface area contributed by atoms with Crippen LogP contribution in [-0.4, -0.2) is 4.98 Å². The molecule has 0 aliphatic heterocycles. The second-order valence-electron chi connectivity index (χ2n) is 5.72. The Balaban J connectivity index is 2.04. The van der Waals surface area contributed by atoms with Crippen LogP contribution >= 0.6 is 0 Å². The molecular formula is C21H17N. The summed E-state index contributed by atoms with van der Waals surface area (Å²) in [6, 6.07) is 20.9. The summed E-state index contributed by atoms with van der Waals surface area (Å²) in [6.07, 6.45) is 0.895. The Bertz CT molecular complexity index is 960. The van der Waals surface area contributed by atoms with E-state index in [-0.39, 0.29) is 0 Å². The summed E-state index contributed by atoms with van der Waals surface area (Å²) in [4.78, 5) is 3.47. The first-order valence-electron chi connectivity index (χ1n) is 7.49. The molecule has 0 spiro atoms. The van der Waals surface area contributed by atoms with Crippen LogP contribution in [0.2, 0.25) is 0 Å². The van der Waals surface area contributed by atoms with Crippen molar-refractivity contribution in [3.05, 3.63) is 88.9 Å². The predicted octanol–water partition coefficient (Wildman–Crippen LogP) is 3.71. The molecule has 4 rings (SSSR count). The highest BCUT2D eigenvalue weighted by molar-refractivity contribution is 5.91. The van der Waals surface area contributed by atoms with Crippen LogP contribution in [0.15, 0.2) is 67.2 Å². The van der Waals surface area contributed by atoms with E-state index in [1.54, 1.807) is 0 Å². The normalized spacial score (nSPS) is 13.5. The van der Waals surface area contributed by atoms with Crippen LogP contribution in [0.4, 0.5) is 0 Å². The number of allylic oxidation sites excluding steroid dienone is 1. The zero-order chi connectivity index (χ0) is 15.1. The molecule has 22 heavy (non-hydrogen) atoms. The Morgan fingerprint density at radius 3 is 2.00 bits per heavy atom. The van der Waals surface area contributed by atoms with Gasteiger partial charge >= 0.3 is 0 Å². The average Bonchev–Trinajstić information content (AvgIpc) is 3.09. The van der Waals surface area contributed by atoms with Gasteiger partial charge in [-0.05, 0) is 28.7 Å². The SMILES string of the molecule is C=C1CC(c2ccccc2)=c2c1c(-c1ccccc1)[nH]c2=C. The molecule has 1 N–H and O–H groups in total. The van der Waals surface area contributed by atoms with Gasteiger partial charge in [0.25, 0.3) is 0 Å². The van der Waals surface area contributed by atoms with E-state index in [1.165, 1.54) is 33.1 Å². The maximum absolute atomic E-state index is 4.30. The van der Waals surface area contributed by atoms with Crippen LogP contribution in [0.25, 0.3) is 29.0 Å². The first kappa shape index (κ1) is 12.9. The number of aromatic nitrogens is 1. The largest absolute Gasteiger partial charge is 0.354 e. The Labute approximate surface area is 130 Å². The molecule has 0 saturated heterocycles. The summed E-state index contributed by atoms with van der Waals surface area (Å²) < 4.78 is 0. The number of benzene rings is 2. The summed E-state index contributed by atoms with van der Waals surface area (Å²) >= 11 is 0. The van der Waals surface area contributed by atoms with Crippen molar-refractivity contribution >= 4 is 17.7 Å². The lowest BCUT2D eigenvalue weighted by Gasteiger charge is -2.04. The molecule has 1 aliphatic rings. The van der Waals surface area contributed by atoms with Crippen LogP contribution in [0.1, 0.15) is 17.5 Å². The minimum absolute atomic E-state index is 0.895. The fraction of sp³-hybridized carbons (Fsp3) is 0.0476. The van der Waals surface area contributed by atoms with Gasteiger partial charge in [-0.1, -0.05) is 73.8 Å². The molecule has 1 heteroatoms. The van der Waals surface area contributed by atoms with Crippen molar-refractivity contribution in [1.29, 1.82) is 0 Å². The Morgan fingerprint density at radius 1 is 0.773 bits per heavy atom. The first-order valence-corrected chi connectivity index (χ1v) is 7.49. The Hall–Kier alpha value is -2.80. The Kier molecular flexibility index (Phi) is 2.87. The molecule has 0 fully saturated rings. The van der Waals surface area contributed by atoms with Crippen molar-refractivity contribution in [3.63, 3.8) is 0 Å². The molecule has 0 atom stereocenters. The first-order chi connectivity index (χ1) is 10.8. The van der Waals surface area contributed by atoms with Crippen molar-refractivity contribution in [2.24, 2.45) is 0 Å². The maximum atomic E-state index is 4.30. The van der Waals surface area contributed by atoms with Gasteiger partial charge in [0.15, 0.2) is 0 Å². The molecule has 0 unspecified atom stereocenters. The number of aromatic amines is 1. The average molecular weight is 283 g/mol. The molecule has 106 valence electrons. The summed E-state index contributed by atoms with van der Waals surface area (Å²) in [6.45, 7) is 8.53. The number of nitrogens with one attached hydrogen (secondary N) is 1. The van der Waals surface area contributed by atoms with Gasteiger partial charge in [0.05, 0.1) is 5.69 Å². The summed E-state index contributed by atoms with van der Waals surface area (Å²) in [5.41, 5.74) is 7.30. The van der Waals surface area contributed by atoms with Crippen molar-refractivity contribution in [1.82, 2.24) is 4.98 Å². The highest BCUT2D eigenvalue weighted by atomic mass is 14.7. The fourth-order valence-corrected chi connectivity index (χ4v) is 3.34. The van der Waals surface area contributed by atoms with Crippen molar-refractivity contribution in [3.8, 4) is 11.3 Å². The quantitative estimate of drug-likeness (QED) is 0.738. The van der Waals surface area contributed by atoms with Gasteiger partial charge in [-0.15, -0.1) is 0 Å². The molecule has 3 aromatic rings. The number of H-pyrrole nitrogens is 1. The minimum Gasteiger partial charge on any atom is -0.354 e. The van der Waals surface area contributed by atoms with E-state index in [1.807, 2.05) is 12.1 Å². The van der Waals surface area contributed by atoms with Crippen LogP contribution in [0, 0.1) is 0 Å². The fourth-order valence-electron chi connectivity index (χ4n) is 3.34. The second kappa shape index (κ2) is 4.88. The standard InChI is InChI=1S/C21H17N/c1-14-13-18(16-9-5-3-6-10-16)20-15(2)22-21(19(14)20)17-11-7-4-8-12-17/h3-12,22H,1-2,13H2. The molecule has 1 aliphatic carbocycles. The third-order valence-electron chi connectivity index (χ3n) is 4.31. The van der Waals surface area contributed by atoms with Crippen LogP contribution in [-0.2, 0) is 0 Å². The zero-order valence-corrected chi connectivity index (χ0v) is 12.4. The van der Waals surface area contributed by atoms with E-state index in [0.717, 1.165) is 17.5 Å². The molecule has 1 heterocycles. The van der Waals surface area contributed by atoms with Gasteiger partial charge in [-0.3, -0.25) is 0 Å². The van der Waals surface area contributed by atoms with E-state index >= 15 is 0 Å². The highest BCUT2D eigenvalue weighted by Crippen LogP contribution is 2.34. The van der Waals surface area contributed by atoms with E-state index in [0.29, 0.717) is 0 Å². The number of hydrogen-bond donors (Lipinski definition) is 1. The Morgan fingerprint density at radius 2 is 1.36 bits per heavy atom. The van der Waals surface area contributed by atoms with Gasteiger partial charge < -0.3 is 4.98 Å². The number of fused-ring (bicyclic) bond motifs is 1. The van der Waals surface area contributed by atoms with Crippen molar-refractivity contribution in [2.75, 3.05) is 0 Å². The van der Waals surface area contributed by atoms with Gasteiger partial charge in [-0.2, -0.15) is 0 Å². The van der Waals surface area contributed by atoms with Gasteiger partial charge in [-0.25, -0.2) is 0 Å². The van der Waals surface area contributed by atoms with Crippen molar-refractivity contribution in [2.45, 2.75) is 6.42 Å². The third-order valence-corrected chi connectivity index (χ3v) is 4.31. The molecule has 1 aromatic heterocycles. The smallest absolute Gasteiger partial charge is 0.0541 e. The zero-order valence-electron chi connectivity index (χ0n) is 12.4. The molecule has 1 nitrogen and oxygen atoms in total. The van der Waals surface area contributed by atoms with Gasteiger partial charge in [0.1, 0.15) is 0 Å². The molecule has 0 saturated carbocycles. The summed E-state index contributed by atoms with van der Waals surface area (Å²) in [7, 11) is 0.